The fourth-order valence-corrected chi connectivity index (χ4v) is 4.62. The Kier molecular flexibility index (Phi) is 8.84. The molecular weight excluding hydrogens is 592 g/mol. The van der Waals surface area contributed by atoms with Crippen LogP contribution in [0.5, 0.6) is 11.5 Å². The first-order valence-corrected chi connectivity index (χ1v) is 11.8. The number of carboxylic acids is 2. The average molecular weight is 605 g/mol. The summed E-state index contributed by atoms with van der Waals surface area (Å²) in [4.78, 5) is 42.7. The van der Waals surface area contributed by atoms with Crippen LogP contribution in [0.2, 0.25) is 10.0 Å². The molecule has 0 saturated heterocycles. The normalized spacial score (nSPS) is 11.0. The van der Waals surface area contributed by atoms with Gasteiger partial charge in [0, 0.05) is 12.1 Å². The first-order valence-electron chi connectivity index (χ1n) is 10.2. The summed E-state index contributed by atoms with van der Waals surface area (Å²) < 4.78 is 44.8. The number of aromatic nitrogens is 1. The van der Waals surface area contributed by atoms with Crippen LogP contribution in [0.4, 0.5) is 18.9 Å². The Bertz CT molecular complexity index is 1650. The molecule has 16 heteroatoms. The van der Waals surface area contributed by atoms with Crippen LogP contribution in [-0.4, -0.2) is 31.6 Å². The van der Waals surface area contributed by atoms with Gasteiger partial charge in [-0.3, -0.25) is 24.3 Å². The SMILES string of the molecule is O=C(O)Cn1c(=O)sc2cccc(Cl)c21.O=C(O)c1cc(Oc2ccc(C(F)(F)F)cc2Cl)ccc1[N+](=O)[O-]. The summed E-state index contributed by atoms with van der Waals surface area (Å²) >= 11 is 12.6. The van der Waals surface area contributed by atoms with E-state index in [1.54, 1.807) is 18.2 Å². The van der Waals surface area contributed by atoms with Gasteiger partial charge in [-0.2, -0.15) is 13.2 Å². The number of carboxylic acid groups (broad SMARTS) is 2. The van der Waals surface area contributed by atoms with Crippen molar-refractivity contribution in [3.63, 3.8) is 0 Å². The zero-order valence-corrected chi connectivity index (χ0v) is 21.3. The summed E-state index contributed by atoms with van der Waals surface area (Å²) in [6.45, 7) is -0.359. The van der Waals surface area contributed by atoms with Crippen LogP contribution in [0.1, 0.15) is 15.9 Å². The van der Waals surface area contributed by atoms with Gasteiger partial charge in [0.05, 0.1) is 30.7 Å². The van der Waals surface area contributed by atoms with E-state index in [1.807, 2.05) is 0 Å². The van der Waals surface area contributed by atoms with E-state index < -0.39 is 39.9 Å². The summed E-state index contributed by atoms with van der Waals surface area (Å²) in [5, 5.41) is 28.4. The molecule has 0 saturated carbocycles. The van der Waals surface area contributed by atoms with Gasteiger partial charge in [0.2, 0.25) is 0 Å². The molecule has 0 bridgehead atoms. The van der Waals surface area contributed by atoms with Crippen molar-refractivity contribution in [3.05, 3.63) is 95.6 Å². The van der Waals surface area contributed by atoms with Crippen LogP contribution in [-0.2, 0) is 17.5 Å². The third kappa shape index (κ3) is 7.04. The summed E-state index contributed by atoms with van der Waals surface area (Å²) in [5.41, 5.74) is -1.75. The van der Waals surface area contributed by atoms with Crippen molar-refractivity contribution in [3.8, 4) is 11.5 Å². The van der Waals surface area contributed by atoms with E-state index in [4.69, 9.17) is 38.2 Å². The molecule has 2 N–H and O–H groups in total. The number of ether oxygens (including phenoxy) is 1. The Morgan fingerprint density at radius 3 is 2.31 bits per heavy atom. The number of hydrogen-bond acceptors (Lipinski definition) is 7. The van der Waals surface area contributed by atoms with Crippen LogP contribution in [0.3, 0.4) is 0 Å². The Morgan fingerprint density at radius 2 is 1.74 bits per heavy atom. The molecule has 1 aromatic heterocycles. The van der Waals surface area contributed by atoms with Gasteiger partial charge in [-0.15, -0.1) is 0 Å². The number of nitro groups is 1. The van der Waals surface area contributed by atoms with Crippen molar-refractivity contribution in [1.82, 2.24) is 4.57 Å². The van der Waals surface area contributed by atoms with Crippen LogP contribution in [0, 0.1) is 10.1 Å². The summed E-state index contributed by atoms with van der Waals surface area (Å²) in [6, 6.07) is 10.4. The fourth-order valence-electron chi connectivity index (χ4n) is 3.16. The van der Waals surface area contributed by atoms with E-state index in [9.17, 15) is 37.7 Å². The third-order valence-electron chi connectivity index (χ3n) is 4.81. The highest BCUT2D eigenvalue weighted by Crippen LogP contribution is 2.37. The number of aliphatic carboxylic acids is 1. The maximum absolute atomic E-state index is 12.6. The lowest BCUT2D eigenvalue weighted by Gasteiger charge is -2.11. The second-order valence-corrected chi connectivity index (χ2v) is 9.23. The van der Waals surface area contributed by atoms with E-state index in [-0.39, 0.29) is 27.9 Å². The predicted octanol–water partition coefficient (Wildman–Crippen LogP) is 6.56. The zero-order valence-electron chi connectivity index (χ0n) is 18.9. The second kappa shape index (κ2) is 11.7. The van der Waals surface area contributed by atoms with E-state index in [0.717, 1.165) is 41.7 Å². The smallest absolute Gasteiger partial charge is 0.416 e. The highest BCUT2D eigenvalue weighted by molar-refractivity contribution is 7.16. The fraction of sp³-hybridized carbons (Fsp3) is 0.0870. The van der Waals surface area contributed by atoms with Crippen LogP contribution in [0.15, 0.2) is 59.4 Å². The van der Waals surface area contributed by atoms with Gasteiger partial charge in [0.1, 0.15) is 23.6 Å². The standard InChI is InChI=1S/C14H7ClF3NO5.C9H6ClNO3S/c15-10-5-7(14(16,17)18)1-4-12(10)24-8-2-3-11(19(22)23)9(6-8)13(20)21;10-5-2-1-3-6-8(5)11(4-7(12)13)9(14)15-6/h1-6H,(H,20,21);1-3H,4H2,(H,12,13). The minimum atomic E-state index is -4.58. The molecule has 204 valence electrons. The predicted molar refractivity (Wildman–Crippen MR) is 135 cm³/mol. The number of alkyl halides is 3. The summed E-state index contributed by atoms with van der Waals surface area (Å²) in [7, 11) is 0. The number of carbonyl (C=O) groups is 2. The van der Waals surface area contributed by atoms with Gasteiger partial charge in [-0.05, 0) is 36.4 Å². The second-order valence-electron chi connectivity index (χ2n) is 7.42. The molecule has 0 spiro atoms. The Hall–Kier alpha value is -4.14. The molecule has 10 nitrogen and oxygen atoms in total. The molecule has 4 aromatic rings. The van der Waals surface area contributed by atoms with E-state index in [1.165, 1.54) is 4.57 Å². The molecule has 0 aliphatic carbocycles. The minimum absolute atomic E-state index is 0.125. The number of aromatic carboxylic acids is 1. The maximum Gasteiger partial charge on any atom is 0.416 e. The molecular formula is C23H13Cl2F3N2O8S. The lowest BCUT2D eigenvalue weighted by Crippen LogP contribution is -2.18. The van der Waals surface area contributed by atoms with Crippen molar-refractivity contribution in [1.29, 1.82) is 0 Å². The van der Waals surface area contributed by atoms with Gasteiger partial charge >= 0.3 is 23.0 Å². The molecule has 4 rings (SSSR count). The first-order chi connectivity index (χ1) is 18.2. The number of thiazole rings is 1. The quantitative estimate of drug-likeness (QED) is 0.186. The van der Waals surface area contributed by atoms with Crippen molar-refractivity contribution in [2.24, 2.45) is 0 Å². The van der Waals surface area contributed by atoms with Gasteiger partial charge in [-0.1, -0.05) is 40.6 Å². The van der Waals surface area contributed by atoms with Crippen molar-refractivity contribution in [2.75, 3.05) is 0 Å². The summed E-state index contributed by atoms with van der Waals surface area (Å²) in [6.07, 6.45) is -4.58. The molecule has 0 radical (unpaired) electrons. The number of benzene rings is 3. The van der Waals surface area contributed by atoms with Gasteiger partial charge < -0.3 is 14.9 Å². The Labute approximate surface area is 229 Å². The molecule has 0 amide bonds. The third-order valence-corrected chi connectivity index (χ3v) is 6.36. The molecule has 0 fully saturated rings. The number of nitrogens with zero attached hydrogens (tertiary/aromatic N) is 2. The van der Waals surface area contributed by atoms with Crippen LogP contribution in [0.25, 0.3) is 10.2 Å². The Morgan fingerprint density at radius 1 is 1.05 bits per heavy atom. The van der Waals surface area contributed by atoms with Gasteiger partial charge in [0.25, 0.3) is 5.69 Å². The number of nitro benzene ring substituents is 1. The molecule has 1 heterocycles. The highest BCUT2D eigenvalue weighted by Gasteiger charge is 2.31. The number of hydrogen-bond donors (Lipinski definition) is 2. The lowest BCUT2D eigenvalue weighted by molar-refractivity contribution is -0.385. The van der Waals surface area contributed by atoms with E-state index >= 15 is 0 Å². The van der Waals surface area contributed by atoms with Crippen LogP contribution >= 0.6 is 34.5 Å². The number of para-hydroxylation sites is 1. The molecule has 39 heavy (non-hydrogen) atoms. The van der Waals surface area contributed by atoms with E-state index in [2.05, 4.69) is 0 Å². The largest absolute Gasteiger partial charge is 0.480 e. The lowest BCUT2D eigenvalue weighted by atomic mass is 10.1. The van der Waals surface area contributed by atoms with Gasteiger partial charge in [0.15, 0.2) is 0 Å². The van der Waals surface area contributed by atoms with Crippen molar-refractivity contribution < 1.29 is 42.6 Å². The molecule has 3 aromatic carbocycles. The Balaban J connectivity index is 0.000000239. The number of halogens is 5. The topological polar surface area (TPSA) is 149 Å². The highest BCUT2D eigenvalue weighted by atomic mass is 35.5. The monoisotopic (exact) mass is 604 g/mol. The van der Waals surface area contributed by atoms with Crippen molar-refractivity contribution >= 4 is 62.4 Å². The number of rotatable bonds is 6. The minimum Gasteiger partial charge on any atom is -0.480 e. The molecule has 0 atom stereocenters. The summed E-state index contributed by atoms with van der Waals surface area (Å²) in [5.74, 6) is -2.89. The first kappa shape index (κ1) is 29.4. The van der Waals surface area contributed by atoms with Crippen molar-refractivity contribution in [2.45, 2.75) is 12.7 Å². The zero-order chi connectivity index (χ0) is 29.1. The molecule has 0 aliphatic rings. The molecule has 0 aliphatic heterocycles. The van der Waals surface area contributed by atoms with Gasteiger partial charge in [-0.25, -0.2) is 4.79 Å². The van der Waals surface area contributed by atoms with E-state index in [0.29, 0.717) is 21.3 Å². The number of fused-ring (bicyclic) bond motifs is 1. The molecule has 0 unspecified atom stereocenters. The van der Waals surface area contributed by atoms with Crippen LogP contribution < -0.4 is 9.61 Å². The average Bonchev–Trinajstić information content (AvgIpc) is 3.15. The maximum atomic E-state index is 12.6.